The number of rotatable bonds is 3. The van der Waals surface area contributed by atoms with Crippen molar-refractivity contribution in [1.82, 2.24) is 10.2 Å². The molecule has 2 rings (SSSR count). The Kier molecular flexibility index (Phi) is 4.61. The number of benzene rings is 1. The Hall–Kier alpha value is -1.06. The van der Waals surface area contributed by atoms with Gasteiger partial charge in [-0.05, 0) is 30.5 Å². The minimum absolute atomic E-state index is 0.174. The van der Waals surface area contributed by atoms with Gasteiger partial charge in [-0.3, -0.25) is 4.79 Å². The molecule has 98 valence electrons. The van der Waals surface area contributed by atoms with E-state index in [1.165, 1.54) is 5.56 Å². The van der Waals surface area contributed by atoms with E-state index in [1.807, 2.05) is 17.0 Å². The summed E-state index contributed by atoms with van der Waals surface area (Å²) in [4.78, 5) is 13.3. The van der Waals surface area contributed by atoms with Gasteiger partial charge in [0.15, 0.2) is 0 Å². The van der Waals surface area contributed by atoms with E-state index in [0.717, 1.165) is 37.5 Å². The van der Waals surface area contributed by atoms with Crippen LogP contribution in [0.25, 0.3) is 0 Å². The van der Waals surface area contributed by atoms with Crippen molar-refractivity contribution in [3.63, 3.8) is 0 Å². The Morgan fingerprint density at radius 3 is 2.83 bits per heavy atom. The second-order valence-corrected chi connectivity index (χ2v) is 5.22. The Morgan fingerprint density at radius 1 is 1.44 bits per heavy atom. The monoisotopic (exact) mass is 266 g/mol. The number of nitrogens with zero attached hydrogens (tertiary/aromatic N) is 1. The van der Waals surface area contributed by atoms with Crippen LogP contribution in [0.2, 0.25) is 5.02 Å². The molecule has 1 aromatic rings. The third kappa shape index (κ3) is 3.72. The van der Waals surface area contributed by atoms with Crippen LogP contribution in [0.15, 0.2) is 24.3 Å². The summed E-state index contributed by atoms with van der Waals surface area (Å²) in [6, 6.07) is 8.38. The zero-order valence-electron chi connectivity index (χ0n) is 10.7. The highest BCUT2D eigenvalue weighted by molar-refractivity contribution is 6.30. The number of carbonyl (C=O) groups is 1. The summed E-state index contributed by atoms with van der Waals surface area (Å²) in [5.41, 5.74) is 1.29. The van der Waals surface area contributed by atoms with Crippen LogP contribution in [0.5, 0.6) is 0 Å². The first-order valence-corrected chi connectivity index (χ1v) is 6.76. The standard InChI is InChI=1S/C14H19ClN2O/c1-11(18)17-9-8-16-14(10-17)7-4-12-2-5-13(15)6-3-12/h2-3,5-6,14,16H,4,7-10H2,1H3. The van der Waals surface area contributed by atoms with Crippen molar-refractivity contribution >= 4 is 17.5 Å². The number of piperazine rings is 1. The highest BCUT2D eigenvalue weighted by Gasteiger charge is 2.20. The molecular formula is C14H19ClN2O. The number of aryl methyl sites for hydroxylation is 1. The SMILES string of the molecule is CC(=O)N1CCNC(CCc2ccc(Cl)cc2)C1. The van der Waals surface area contributed by atoms with Gasteiger partial charge in [0.2, 0.25) is 5.91 Å². The summed E-state index contributed by atoms with van der Waals surface area (Å²) in [5.74, 6) is 0.174. The number of amides is 1. The van der Waals surface area contributed by atoms with Crippen molar-refractivity contribution < 1.29 is 4.79 Å². The molecule has 1 atom stereocenters. The smallest absolute Gasteiger partial charge is 0.219 e. The molecule has 1 aliphatic heterocycles. The van der Waals surface area contributed by atoms with Crippen molar-refractivity contribution in [3.05, 3.63) is 34.9 Å². The van der Waals surface area contributed by atoms with Crippen LogP contribution in [-0.4, -0.2) is 36.5 Å². The predicted octanol–water partition coefficient (Wildman–Crippen LogP) is 2.09. The molecule has 1 aromatic carbocycles. The molecule has 1 N–H and O–H groups in total. The fourth-order valence-corrected chi connectivity index (χ4v) is 2.42. The molecule has 18 heavy (non-hydrogen) atoms. The molecule has 0 spiro atoms. The van der Waals surface area contributed by atoms with Gasteiger partial charge >= 0.3 is 0 Å². The van der Waals surface area contributed by atoms with Crippen molar-refractivity contribution in [2.24, 2.45) is 0 Å². The highest BCUT2D eigenvalue weighted by atomic mass is 35.5. The molecule has 1 unspecified atom stereocenters. The van der Waals surface area contributed by atoms with Gasteiger partial charge in [-0.2, -0.15) is 0 Å². The van der Waals surface area contributed by atoms with E-state index in [4.69, 9.17) is 11.6 Å². The summed E-state index contributed by atoms with van der Waals surface area (Å²) in [7, 11) is 0. The van der Waals surface area contributed by atoms with Gasteiger partial charge in [-0.15, -0.1) is 0 Å². The van der Waals surface area contributed by atoms with Crippen LogP contribution in [0.1, 0.15) is 18.9 Å². The van der Waals surface area contributed by atoms with E-state index in [2.05, 4.69) is 17.4 Å². The van der Waals surface area contributed by atoms with E-state index in [9.17, 15) is 4.79 Å². The summed E-state index contributed by atoms with van der Waals surface area (Å²) in [6.45, 7) is 4.18. The predicted molar refractivity (Wildman–Crippen MR) is 73.8 cm³/mol. The lowest BCUT2D eigenvalue weighted by molar-refractivity contribution is -0.130. The van der Waals surface area contributed by atoms with E-state index in [1.54, 1.807) is 6.92 Å². The molecule has 1 heterocycles. The number of hydrogen-bond acceptors (Lipinski definition) is 2. The molecule has 1 aliphatic rings. The lowest BCUT2D eigenvalue weighted by Gasteiger charge is -2.33. The van der Waals surface area contributed by atoms with Crippen LogP contribution >= 0.6 is 11.6 Å². The quantitative estimate of drug-likeness (QED) is 0.909. The van der Waals surface area contributed by atoms with E-state index in [-0.39, 0.29) is 5.91 Å². The largest absolute Gasteiger partial charge is 0.340 e. The number of hydrogen-bond donors (Lipinski definition) is 1. The number of carbonyl (C=O) groups excluding carboxylic acids is 1. The number of nitrogens with one attached hydrogen (secondary N) is 1. The minimum Gasteiger partial charge on any atom is -0.340 e. The lowest BCUT2D eigenvalue weighted by atomic mass is 10.0. The highest BCUT2D eigenvalue weighted by Crippen LogP contribution is 2.13. The molecule has 1 amide bonds. The maximum atomic E-state index is 11.3. The molecule has 1 saturated heterocycles. The first-order chi connectivity index (χ1) is 8.65. The molecular weight excluding hydrogens is 248 g/mol. The second kappa shape index (κ2) is 6.21. The Labute approximate surface area is 113 Å². The molecule has 3 nitrogen and oxygen atoms in total. The third-order valence-electron chi connectivity index (χ3n) is 3.40. The van der Waals surface area contributed by atoms with Crippen molar-refractivity contribution in [3.8, 4) is 0 Å². The van der Waals surface area contributed by atoms with Gasteiger partial charge < -0.3 is 10.2 Å². The zero-order valence-corrected chi connectivity index (χ0v) is 11.4. The van der Waals surface area contributed by atoms with E-state index < -0.39 is 0 Å². The lowest BCUT2D eigenvalue weighted by Crippen LogP contribution is -2.52. The zero-order chi connectivity index (χ0) is 13.0. The summed E-state index contributed by atoms with van der Waals surface area (Å²) < 4.78 is 0. The summed E-state index contributed by atoms with van der Waals surface area (Å²) >= 11 is 5.86. The number of halogens is 1. The normalized spacial score (nSPS) is 19.9. The Balaban J connectivity index is 1.82. The van der Waals surface area contributed by atoms with Crippen molar-refractivity contribution in [2.45, 2.75) is 25.8 Å². The average Bonchev–Trinajstić information content (AvgIpc) is 2.38. The summed E-state index contributed by atoms with van der Waals surface area (Å²) in [6.07, 6.45) is 2.06. The van der Waals surface area contributed by atoms with Gasteiger partial charge in [0.1, 0.15) is 0 Å². The van der Waals surface area contributed by atoms with Crippen LogP contribution in [0.3, 0.4) is 0 Å². The van der Waals surface area contributed by atoms with Crippen LogP contribution < -0.4 is 5.32 Å². The van der Waals surface area contributed by atoms with Crippen molar-refractivity contribution in [1.29, 1.82) is 0 Å². The fraction of sp³-hybridized carbons (Fsp3) is 0.500. The van der Waals surface area contributed by atoms with Crippen molar-refractivity contribution in [2.75, 3.05) is 19.6 Å². The molecule has 0 aromatic heterocycles. The van der Waals surface area contributed by atoms with Gasteiger partial charge in [0, 0.05) is 37.6 Å². The first kappa shape index (κ1) is 13.4. The maximum Gasteiger partial charge on any atom is 0.219 e. The van der Waals surface area contributed by atoms with Crippen LogP contribution in [-0.2, 0) is 11.2 Å². The minimum atomic E-state index is 0.174. The van der Waals surface area contributed by atoms with Gasteiger partial charge in [-0.25, -0.2) is 0 Å². The van der Waals surface area contributed by atoms with E-state index in [0.29, 0.717) is 6.04 Å². The Morgan fingerprint density at radius 2 is 2.17 bits per heavy atom. The first-order valence-electron chi connectivity index (χ1n) is 6.38. The van der Waals surface area contributed by atoms with E-state index >= 15 is 0 Å². The summed E-state index contributed by atoms with van der Waals surface area (Å²) in [5, 5.41) is 4.24. The van der Waals surface area contributed by atoms with Gasteiger partial charge in [-0.1, -0.05) is 23.7 Å². The average molecular weight is 267 g/mol. The van der Waals surface area contributed by atoms with Gasteiger partial charge in [0.25, 0.3) is 0 Å². The molecule has 1 fully saturated rings. The van der Waals surface area contributed by atoms with Crippen LogP contribution in [0, 0.1) is 0 Å². The maximum absolute atomic E-state index is 11.3. The third-order valence-corrected chi connectivity index (χ3v) is 3.65. The molecule has 4 heteroatoms. The molecule has 0 bridgehead atoms. The van der Waals surface area contributed by atoms with Gasteiger partial charge in [0.05, 0.1) is 0 Å². The molecule has 0 saturated carbocycles. The topological polar surface area (TPSA) is 32.3 Å². The second-order valence-electron chi connectivity index (χ2n) is 4.78. The Bertz CT molecular complexity index is 405. The molecule has 0 radical (unpaired) electrons. The fourth-order valence-electron chi connectivity index (χ4n) is 2.30. The van der Waals surface area contributed by atoms with Crippen LogP contribution in [0.4, 0.5) is 0 Å². The molecule has 0 aliphatic carbocycles.